The number of aldehydes is 1. The van der Waals surface area contributed by atoms with Crippen LogP contribution in [0.25, 0.3) is 0 Å². The Morgan fingerprint density at radius 1 is 1.26 bits per heavy atom. The van der Waals surface area contributed by atoms with E-state index >= 15 is 0 Å². The quantitative estimate of drug-likeness (QED) is 0.182. The average Bonchev–Trinajstić information content (AvgIpc) is 2.20. The number of nitrogens with zero attached hydrogens (tertiary/aromatic N) is 1. The van der Waals surface area contributed by atoms with Gasteiger partial charge in [0.15, 0.2) is 6.10 Å². The van der Waals surface area contributed by atoms with Crippen molar-refractivity contribution in [1.29, 1.82) is 0 Å². The highest BCUT2D eigenvalue weighted by molar-refractivity contribution is 5.82. The van der Waals surface area contributed by atoms with E-state index in [1.807, 2.05) is 21.1 Å². The predicted octanol–water partition coefficient (Wildman–Crippen LogP) is -0.720. The monoisotopic (exact) mass is 271 g/mol. The Morgan fingerprint density at radius 3 is 2.37 bits per heavy atom. The Bertz CT molecular complexity index is 343. The molecular weight excluding hydrogens is 250 g/mol. The highest BCUT2D eigenvalue weighted by atomic mass is 16.5. The molecule has 19 heavy (non-hydrogen) atoms. The zero-order valence-corrected chi connectivity index (χ0v) is 11.6. The lowest BCUT2D eigenvalue weighted by Crippen LogP contribution is -2.45. The molecule has 0 aromatic carbocycles. The molecule has 6 heteroatoms. The van der Waals surface area contributed by atoms with E-state index in [0.717, 1.165) is 6.29 Å². The first kappa shape index (κ1) is 17.3. The number of allylic oxidation sites excluding steroid dienone is 1. The molecule has 0 aliphatic heterocycles. The number of esters is 1. The average molecular weight is 271 g/mol. The van der Waals surface area contributed by atoms with E-state index < -0.39 is 18.0 Å². The van der Waals surface area contributed by atoms with Crippen molar-refractivity contribution in [2.24, 2.45) is 0 Å². The van der Waals surface area contributed by atoms with Crippen LogP contribution in [-0.4, -0.2) is 56.5 Å². The Hall–Kier alpha value is -1.69. The summed E-state index contributed by atoms with van der Waals surface area (Å²) < 4.78 is 5.54. The predicted molar refractivity (Wildman–Crippen MR) is 66.8 cm³/mol. The number of carboxylic acid groups (broad SMARTS) is 1. The zero-order chi connectivity index (χ0) is 14.9. The summed E-state index contributed by atoms with van der Waals surface area (Å²) >= 11 is 0. The van der Waals surface area contributed by atoms with Gasteiger partial charge in [-0.3, -0.25) is 0 Å². The fraction of sp³-hybridized carbons (Fsp3) is 0.615. The number of unbranched alkanes of at least 4 members (excludes halogenated alkanes) is 1. The Morgan fingerprint density at radius 2 is 1.89 bits per heavy atom. The molecule has 1 unspecified atom stereocenters. The minimum Gasteiger partial charge on any atom is -0.550 e. The standard InChI is InChI=1S/C13H21NO5/c1-14(2,3)10-11(9-12(16)17)19-13(18)7-5-4-6-8-15/h5,7-8,11H,4,6,9-10H2,1-3H3. The van der Waals surface area contributed by atoms with Crippen LogP contribution in [0.1, 0.15) is 19.3 Å². The van der Waals surface area contributed by atoms with Crippen LogP contribution >= 0.6 is 0 Å². The van der Waals surface area contributed by atoms with Gasteiger partial charge in [0.1, 0.15) is 12.8 Å². The molecular formula is C13H21NO5. The second kappa shape index (κ2) is 8.42. The van der Waals surface area contributed by atoms with Gasteiger partial charge in [-0.05, 0) is 6.42 Å². The number of aliphatic carboxylic acids is 1. The van der Waals surface area contributed by atoms with Crippen molar-refractivity contribution >= 4 is 18.2 Å². The Kier molecular flexibility index (Phi) is 7.67. The van der Waals surface area contributed by atoms with Crippen molar-refractivity contribution < 1.29 is 28.7 Å². The summed E-state index contributed by atoms with van der Waals surface area (Å²) in [6.07, 6.45) is 3.23. The van der Waals surface area contributed by atoms with E-state index in [1.54, 1.807) is 0 Å². The highest BCUT2D eigenvalue weighted by Gasteiger charge is 2.21. The normalized spacial score (nSPS) is 13.2. The molecule has 1 atom stereocenters. The van der Waals surface area contributed by atoms with Gasteiger partial charge < -0.3 is 23.9 Å². The summed E-state index contributed by atoms with van der Waals surface area (Å²) in [5.41, 5.74) is 0. The summed E-state index contributed by atoms with van der Waals surface area (Å²) in [5, 5.41) is 10.6. The topological polar surface area (TPSA) is 83.5 Å². The third kappa shape index (κ3) is 11.1. The van der Waals surface area contributed by atoms with Crippen LogP contribution in [0.2, 0.25) is 0 Å². The van der Waals surface area contributed by atoms with Crippen LogP contribution in [0.3, 0.4) is 0 Å². The van der Waals surface area contributed by atoms with Crippen LogP contribution in [-0.2, 0) is 19.1 Å². The molecule has 0 aliphatic rings. The van der Waals surface area contributed by atoms with Crippen LogP contribution in [0.5, 0.6) is 0 Å². The lowest BCUT2D eigenvalue weighted by Gasteiger charge is -2.29. The van der Waals surface area contributed by atoms with E-state index in [1.165, 1.54) is 12.2 Å². The van der Waals surface area contributed by atoms with E-state index in [2.05, 4.69) is 0 Å². The minimum atomic E-state index is -1.25. The van der Waals surface area contributed by atoms with Crippen molar-refractivity contribution in [3.05, 3.63) is 12.2 Å². The summed E-state index contributed by atoms with van der Waals surface area (Å²) in [7, 11) is 5.61. The fourth-order valence-electron chi connectivity index (χ4n) is 1.49. The van der Waals surface area contributed by atoms with Crippen molar-refractivity contribution in [3.8, 4) is 0 Å². The molecule has 0 N–H and O–H groups in total. The maximum absolute atomic E-state index is 11.5. The number of quaternary nitrogens is 1. The number of hydrogen-bond acceptors (Lipinski definition) is 5. The number of carbonyl (C=O) groups excluding carboxylic acids is 3. The van der Waals surface area contributed by atoms with Crippen molar-refractivity contribution in [2.45, 2.75) is 25.4 Å². The lowest BCUT2D eigenvalue weighted by atomic mass is 10.2. The van der Waals surface area contributed by atoms with Crippen molar-refractivity contribution in [2.75, 3.05) is 27.7 Å². The van der Waals surface area contributed by atoms with E-state index in [-0.39, 0.29) is 6.42 Å². The Balaban J connectivity index is 4.38. The van der Waals surface area contributed by atoms with Gasteiger partial charge in [0.2, 0.25) is 0 Å². The SMILES string of the molecule is C[N+](C)(C)CC(CC(=O)[O-])OC(=O)C=CCCC=O. The first-order valence-corrected chi connectivity index (χ1v) is 6.05. The molecule has 0 saturated heterocycles. The molecule has 6 nitrogen and oxygen atoms in total. The summed E-state index contributed by atoms with van der Waals surface area (Å²) in [6, 6.07) is 0. The molecule has 0 saturated carbocycles. The van der Waals surface area contributed by atoms with E-state index in [9.17, 15) is 19.5 Å². The van der Waals surface area contributed by atoms with Gasteiger partial charge in [0.25, 0.3) is 0 Å². The van der Waals surface area contributed by atoms with E-state index in [0.29, 0.717) is 23.9 Å². The smallest absolute Gasteiger partial charge is 0.330 e. The van der Waals surface area contributed by atoms with Crippen LogP contribution < -0.4 is 5.11 Å². The first-order valence-electron chi connectivity index (χ1n) is 6.05. The van der Waals surface area contributed by atoms with Gasteiger partial charge >= 0.3 is 5.97 Å². The second-order valence-corrected chi connectivity index (χ2v) is 5.25. The maximum atomic E-state index is 11.5. The van der Waals surface area contributed by atoms with Crippen molar-refractivity contribution in [1.82, 2.24) is 0 Å². The van der Waals surface area contributed by atoms with Crippen molar-refractivity contribution in [3.63, 3.8) is 0 Å². The number of rotatable bonds is 9. The maximum Gasteiger partial charge on any atom is 0.330 e. The van der Waals surface area contributed by atoms with Gasteiger partial charge in [-0.15, -0.1) is 0 Å². The molecule has 0 rings (SSSR count). The number of carboxylic acids is 1. The first-order chi connectivity index (χ1) is 8.74. The summed E-state index contributed by atoms with van der Waals surface area (Å²) in [6.45, 7) is 0.377. The molecule has 0 bridgehead atoms. The second-order valence-electron chi connectivity index (χ2n) is 5.25. The van der Waals surface area contributed by atoms with Crippen LogP contribution in [0.4, 0.5) is 0 Å². The van der Waals surface area contributed by atoms with Gasteiger partial charge in [-0.2, -0.15) is 0 Å². The van der Waals surface area contributed by atoms with Gasteiger partial charge in [0, 0.05) is 24.9 Å². The zero-order valence-electron chi connectivity index (χ0n) is 11.6. The molecule has 0 aliphatic carbocycles. The molecule has 0 heterocycles. The van der Waals surface area contributed by atoms with Gasteiger partial charge in [-0.1, -0.05) is 6.08 Å². The van der Waals surface area contributed by atoms with E-state index in [4.69, 9.17) is 4.74 Å². The third-order valence-electron chi connectivity index (χ3n) is 2.13. The van der Waals surface area contributed by atoms with Gasteiger partial charge in [0.05, 0.1) is 21.1 Å². The molecule has 0 amide bonds. The summed E-state index contributed by atoms with van der Waals surface area (Å²) in [4.78, 5) is 32.2. The number of ether oxygens (including phenoxy) is 1. The highest BCUT2D eigenvalue weighted by Crippen LogP contribution is 2.05. The molecule has 0 radical (unpaired) electrons. The lowest BCUT2D eigenvalue weighted by molar-refractivity contribution is -0.873. The molecule has 0 spiro atoms. The molecule has 108 valence electrons. The number of likely N-dealkylation sites (N-methyl/N-ethyl adjacent to an activating group) is 1. The fourth-order valence-corrected chi connectivity index (χ4v) is 1.49. The molecule has 0 aromatic rings. The largest absolute Gasteiger partial charge is 0.550 e. The Labute approximate surface area is 113 Å². The summed E-state index contributed by atoms with van der Waals surface area (Å²) in [5.74, 6) is -1.86. The third-order valence-corrected chi connectivity index (χ3v) is 2.13. The van der Waals surface area contributed by atoms with Gasteiger partial charge in [-0.25, -0.2) is 4.79 Å². The van der Waals surface area contributed by atoms with Crippen LogP contribution in [0.15, 0.2) is 12.2 Å². The molecule has 0 aromatic heterocycles. The van der Waals surface area contributed by atoms with Crippen LogP contribution in [0, 0.1) is 0 Å². The number of carbonyl (C=O) groups is 3. The minimum absolute atomic E-state index is 0.330. The molecule has 0 fully saturated rings. The number of hydrogen-bond donors (Lipinski definition) is 0.